The molecule has 0 amide bonds. The van der Waals surface area contributed by atoms with E-state index in [4.69, 9.17) is 5.26 Å². The molecule has 0 saturated carbocycles. The van der Waals surface area contributed by atoms with Gasteiger partial charge >= 0.3 is 0 Å². The van der Waals surface area contributed by atoms with E-state index in [-0.39, 0.29) is 0 Å². The number of hydrogen-bond acceptors (Lipinski definition) is 3. The van der Waals surface area contributed by atoms with Crippen LogP contribution in [0.2, 0.25) is 0 Å². The number of thiophene rings is 1. The third kappa shape index (κ3) is 2.36. The summed E-state index contributed by atoms with van der Waals surface area (Å²) in [6, 6.07) is 13.5. The molecular weight excluding hydrogens is 216 g/mol. The Balaban J connectivity index is 2.27. The van der Waals surface area contributed by atoms with Crippen molar-refractivity contribution in [3.05, 3.63) is 51.7 Å². The van der Waals surface area contributed by atoms with Gasteiger partial charge in [-0.25, -0.2) is 0 Å². The molecule has 1 aromatic carbocycles. The van der Waals surface area contributed by atoms with Crippen LogP contribution >= 0.6 is 11.3 Å². The molecular formula is C13H10N2S. The third-order valence-electron chi connectivity index (χ3n) is 2.12. The van der Waals surface area contributed by atoms with Crippen molar-refractivity contribution in [2.75, 3.05) is 0 Å². The van der Waals surface area contributed by atoms with Gasteiger partial charge in [0.2, 0.25) is 0 Å². The van der Waals surface area contributed by atoms with Gasteiger partial charge in [-0.15, -0.1) is 11.3 Å². The average molecular weight is 226 g/mol. The largest absolute Gasteiger partial charge is 0.254 e. The average Bonchev–Trinajstić information content (AvgIpc) is 2.73. The van der Waals surface area contributed by atoms with Gasteiger partial charge in [-0.05, 0) is 31.2 Å². The Morgan fingerprint density at radius 3 is 2.75 bits per heavy atom. The van der Waals surface area contributed by atoms with E-state index >= 15 is 0 Å². The maximum Gasteiger partial charge on any atom is 0.101 e. The number of nitriles is 1. The SMILES string of the molecule is Cc1ccc(C=Nc2ccccc2C#N)s1. The summed E-state index contributed by atoms with van der Waals surface area (Å²) < 4.78 is 0. The predicted octanol–water partition coefficient (Wildman–Crippen LogP) is 3.68. The summed E-state index contributed by atoms with van der Waals surface area (Å²) in [6.45, 7) is 2.06. The molecule has 0 aliphatic heterocycles. The lowest BCUT2D eigenvalue weighted by atomic mass is 10.2. The molecule has 0 atom stereocenters. The van der Waals surface area contributed by atoms with Gasteiger partial charge < -0.3 is 0 Å². The van der Waals surface area contributed by atoms with Crippen molar-refractivity contribution in [3.8, 4) is 6.07 Å². The lowest BCUT2D eigenvalue weighted by Crippen LogP contribution is -1.76. The molecule has 0 aliphatic rings. The monoisotopic (exact) mass is 226 g/mol. The number of rotatable bonds is 2. The number of nitrogens with zero attached hydrogens (tertiary/aromatic N) is 2. The van der Waals surface area contributed by atoms with Crippen molar-refractivity contribution in [1.29, 1.82) is 5.26 Å². The minimum Gasteiger partial charge on any atom is -0.254 e. The van der Waals surface area contributed by atoms with Crippen LogP contribution < -0.4 is 0 Å². The second kappa shape index (κ2) is 4.73. The van der Waals surface area contributed by atoms with Gasteiger partial charge in [0.25, 0.3) is 0 Å². The van der Waals surface area contributed by atoms with E-state index in [1.54, 1.807) is 23.6 Å². The van der Waals surface area contributed by atoms with E-state index in [0.717, 1.165) is 10.6 Å². The van der Waals surface area contributed by atoms with Gasteiger partial charge in [0.05, 0.1) is 11.3 Å². The summed E-state index contributed by atoms with van der Waals surface area (Å²) in [5.74, 6) is 0. The first-order valence-electron chi connectivity index (χ1n) is 4.89. The zero-order valence-electron chi connectivity index (χ0n) is 8.84. The Labute approximate surface area is 98.5 Å². The summed E-state index contributed by atoms with van der Waals surface area (Å²) in [4.78, 5) is 6.68. The summed E-state index contributed by atoms with van der Waals surface area (Å²) in [7, 11) is 0. The highest BCUT2D eigenvalue weighted by molar-refractivity contribution is 7.13. The van der Waals surface area contributed by atoms with Crippen LogP contribution in [0.3, 0.4) is 0 Å². The van der Waals surface area contributed by atoms with Crippen LogP contribution in [0, 0.1) is 18.3 Å². The molecule has 2 rings (SSSR count). The number of aliphatic imine (C=N–C) groups is 1. The first kappa shape index (κ1) is 10.6. The van der Waals surface area contributed by atoms with Gasteiger partial charge in [-0.2, -0.15) is 5.26 Å². The van der Waals surface area contributed by atoms with Crippen LogP contribution in [-0.4, -0.2) is 6.21 Å². The molecule has 0 unspecified atom stereocenters. The first-order valence-corrected chi connectivity index (χ1v) is 5.71. The van der Waals surface area contributed by atoms with E-state index in [0.29, 0.717) is 5.56 Å². The molecule has 0 bridgehead atoms. The predicted molar refractivity (Wildman–Crippen MR) is 67.5 cm³/mol. The standard InChI is InChI=1S/C13H10N2S/c1-10-6-7-12(16-10)9-15-13-5-3-2-4-11(13)8-14/h2-7,9H,1H3. The fourth-order valence-electron chi connectivity index (χ4n) is 1.34. The Hall–Kier alpha value is -1.92. The van der Waals surface area contributed by atoms with Gasteiger partial charge in [0.1, 0.15) is 6.07 Å². The topological polar surface area (TPSA) is 36.1 Å². The van der Waals surface area contributed by atoms with E-state index < -0.39 is 0 Å². The van der Waals surface area contributed by atoms with Crippen LogP contribution in [-0.2, 0) is 0 Å². The molecule has 0 radical (unpaired) electrons. The smallest absolute Gasteiger partial charge is 0.101 e. The lowest BCUT2D eigenvalue weighted by Gasteiger charge is -1.94. The molecule has 0 N–H and O–H groups in total. The number of aryl methyl sites for hydroxylation is 1. The molecule has 0 spiro atoms. The Morgan fingerprint density at radius 2 is 2.06 bits per heavy atom. The molecule has 2 nitrogen and oxygen atoms in total. The molecule has 0 aliphatic carbocycles. The van der Waals surface area contributed by atoms with Crippen molar-refractivity contribution >= 4 is 23.2 Å². The van der Waals surface area contributed by atoms with Crippen molar-refractivity contribution in [2.24, 2.45) is 4.99 Å². The second-order valence-corrected chi connectivity index (χ2v) is 4.66. The van der Waals surface area contributed by atoms with Gasteiger partial charge in [0, 0.05) is 16.0 Å². The van der Waals surface area contributed by atoms with Crippen LogP contribution in [0.1, 0.15) is 15.3 Å². The molecule has 3 heteroatoms. The third-order valence-corrected chi connectivity index (χ3v) is 3.05. The summed E-state index contributed by atoms with van der Waals surface area (Å²) in [6.07, 6.45) is 1.80. The van der Waals surface area contributed by atoms with Crippen molar-refractivity contribution in [3.63, 3.8) is 0 Å². The zero-order valence-corrected chi connectivity index (χ0v) is 9.66. The number of benzene rings is 1. The zero-order chi connectivity index (χ0) is 11.4. The maximum absolute atomic E-state index is 8.90. The molecule has 1 heterocycles. The molecule has 0 fully saturated rings. The van der Waals surface area contributed by atoms with Crippen LogP contribution in [0.25, 0.3) is 0 Å². The van der Waals surface area contributed by atoms with E-state index in [1.807, 2.05) is 24.3 Å². The molecule has 16 heavy (non-hydrogen) atoms. The highest BCUT2D eigenvalue weighted by Gasteiger charge is 1.97. The minimum atomic E-state index is 0.604. The fourth-order valence-corrected chi connectivity index (χ4v) is 2.09. The van der Waals surface area contributed by atoms with Gasteiger partial charge in [0.15, 0.2) is 0 Å². The number of para-hydroxylation sites is 1. The minimum absolute atomic E-state index is 0.604. The number of hydrogen-bond donors (Lipinski definition) is 0. The molecule has 0 saturated heterocycles. The molecule has 2 aromatic rings. The van der Waals surface area contributed by atoms with Crippen LogP contribution in [0.5, 0.6) is 0 Å². The van der Waals surface area contributed by atoms with Crippen LogP contribution in [0.15, 0.2) is 41.4 Å². The lowest BCUT2D eigenvalue weighted by molar-refractivity contribution is 1.44. The second-order valence-electron chi connectivity index (χ2n) is 3.34. The Kier molecular flexibility index (Phi) is 3.13. The highest BCUT2D eigenvalue weighted by Crippen LogP contribution is 2.19. The van der Waals surface area contributed by atoms with Gasteiger partial charge in [-0.1, -0.05) is 12.1 Å². The Morgan fingerprint density at radius 1 is 1.25 bits per heavy atom. The van der Waals surface area contributed by atoms with Gasteiger partial charge in [-0.3, -0.25) is 4.99 Å². The molecule has 78 valence electrons. The molecule has 1 aromatic heterocycles. The van der Waals surface area contributed by atoms with E-state index in [1.165, 1.54) is 4.88 Å². The normalized spacial score (nSPS) is 10.5. The maximum atomic E-state index is 8.90. The van der Waals surface area contributed by atoms with Crippen molar-refractivity contribution in [1.82, 2.24) is 0 Å². The van der Waals surface area contributed by atoms with E-state index in [2.05, 4.69) is 24.1 Å². The first-order chi connectivity index (χ1) is 7.79. The van der Waals surface area contributed by atoms with E-state index in [9.17, 15) is 0 Å². The summed E-state index contributed by atoms with van der Waals surface area (Å²) >= 11 is 1.69. The summed E-state index contributed by atoms with van der Waals surface area (Å²) in [5.41, 5.74) is 1.32. The fraction of sp³-hybridized carbons (Fsp3) is 0.0769. The summed E-state index contributed by atoms with van der Waals surface area (Å²) in [5, 5.41) is 8.90. The van der Waals surface area contributed by atoms with Crippen LogP contribution in [0.4, 0.5) is 5.69 Å². The van der Waals surface area contributed by atoms with Crippen molar-refractivity contribution in [2.45, 2.75) is 6.92 Å². The van der Waals surface area contributed by atoms with Crippen molar-refractivity contribution < 1.29 is 0 Å². The highest BCUT2D eigenvalue weighted by atomic mass is 32.1. The Bertz CT molecular complexity index is 561. The quantitative estimate of drug-likeness (QED) is 0.719.